The number of amides is 2. The molecule has 0 unspecified atom stereocenters. The normalized spacial score (nSPS) is 25.3. The molecule has 1 N–H and O–H groups in total. The molecule has 2 aliphatic rings. The van der Waals surface area contributed by atoms with Gasteiger partial charge in [0.15, 0.2) is 0 Å². The molecule has 2 saturated heterocycles. The number of aliphatic hydroxyl groups is 1. The van der Waals surface area contributed by atoms with Crippen molar-refractivity contribution in [3.05, 3.63) is 24.3 Å². The first-order valence-electron chi connectivity index (χ1n) is 8.53. The van der Waals surface area contributed by atoms with Gasteiger partial charge in [0.1, 0.15) is 5.75 Å². The molecule has 3 rings (SSSR count). The van der Waals surface area contributed by atoms with E-state index in [0.717, 1.165) is 25.8 Å². The van der Waals surface area contributed by atoms with Crippen molar-refractivity contribution in [2.75, 3.05) is 25.2 Å². The lowest BCUT2D eigenvalue weighted by Crippen LogP contribution is -2.50. The van der Waals surface area contributed by atoms with Gasteiger partial charge in [-0.3, -0.25) is 14.5 Å². The summed E-state index contributed by atoms with van der Waals surface area (Å²) in [5, 5.41) is 9.29. The molecule has 0 radical (unpaired) electrons. The van der Waals surface area contributed by atoms with Gasteiger partial charge in [-0.1, -0.05) is 18.6 Å². The Labute approximate surface area is 142 Å². The maximum absolute atomic E-state index is 13.0. The lowest BCUT2D eigenvalue weighted by Gasteiger charge is -2.38. The van der Waals surface area contributed by atoms with Crippen molar-refractivity contribution in [3.63, 3.8) is 0 Å². The summed E-state index contributed by atoms with van der Waals surface area (Å²) in [7, 11) is 1.53. The second kappa shape index (κ2) is 7.32. The van der Waals surface area contributed by atoms with E-state index in [1.807, 2.05) is 6.07 Å². The van der Waals surface area contributed by atoms with E-state index in [0.29, 0.717) is 17.9 Å². The topological polar surface area (TPSA) is 70.1 Å². The summed E-state index contributed by atoms with van der Waals surface area (Å²) < 4.78 is 5.30. The number of rotatable bonds is 5. The summed E-state index contributed by atoms with van der Waals surface area (Å²) in [5.74, 6) is 0.141. The first-order chi connectivity index (χ1) is 11.7. The molecular weight excluding hydrogens is 308 g/mol. The average molecular weight is 332 g/mol. The van der Waals surface area contributed by atoms with Crippen molar-refractivity contribution in [1.29, 1.82) is 0 Å². The molecule has 0 spiro atoms. The zero-order chi connectivity index (χ0) is 17.1. The Balaban J connectivity index is 1.86. The van der Waals surface area contributed by atoms with Crippen molar-refractivity contribution in [1.82, 2.24) is 4.90 Å². The third-order valence-corrected chi connectivity index (χ3v) is 4.98. The van der Waals surface area contributed by atoms with Crippen LogP contribution in [0.3, 0.4) is 0 Å². The van der Waals surface area contributed by atoms with Gasteiger partial charge in [-0.25, -0.2) is 4.90 Å². The monoisotopic (exact) mass is 332 g/mol. The zero-order valence-corrected chi connectivity index (χ0v) is 14.0. The molecule has 130 valence electrons. The second-order valence-electron chi connectivity index (χ2n) is 6.36. The summed E-state index contributed by atoms with van der Waals surface area (Å²) in [6.45, 7) is 0.903. The quantitative estimate of drug-likeness (QED) is 0.829. The Hall–Kier alpha value is -1.92. The van der Waals surface area contributed by atoms with E-state index in [1.165, 1.54) is 12.0 Å². The smallest absolute Gasteiger partial charge is 0.251 e. The van der Waals surface area contributed by atoms with Gasteiger partial charge < -0.3 is 9.84 Å². The molecule has 2 atom stereocenters. The van der Waals surface area contributed by atoms with Crippen LogP contribution in [0, 0.1) is 0 Å². The predicted molar refractivity (Wildman–Crippen MR) is 89.9 cm³/mol. The van der Waals surface area contributed by atoms with Crippen LogP contribution in [0.15, 0.2) is 24.3 Å². The Kier molecular flexibility index (Phi) is 5.16. The van der Waals surface area contributed by atoms with Gasteiger partial charge in [0.25, 0.3) is 5.91 Å². The van der Waals surface area contributed by atoms with E-state index in [1.54, 1.807) is 18.2 Å². The van der Waals surface area contributed by atoms with E-state index >= 15 is 0 Å². The highest BCUT2D eigenvalue weighted by Gasteiger charge is 2.45. The van der Waals surface area contributed by atoms with Crippen LogP contribution < -0.4 is 9.64 Å². The Morgan fingerprint density at radius 3 is 2.79 bits per heavy atom. The minimum Gasteiger partial charge on any atom is -0.495 e. The SMILES string of the molecule is COc1ccccc1N1C(=O)C[C@@H](N2CCCC[C@@H]2CCO)C1=O. The number of carbonyl (C=O) groups excluding carboxylic acids is 2. The van der Waals surface area contributed by atoms with Crippen LogP contribution in [-0.4, -0.2) is 54.2 Å². The van der Waals surface area contributed by atoms with Gasteiger partial charge in [-0.2, -0.15) is 0 Å². The van der Waals surface area contributed by atoms with Gasteiger partial charge in [-0.15, -0.1) is 0 Å². The summed E-state index contributed by atoms with van der Waals surface area (Å²) >= 11 is 0. The number of likely N-dealkylation sites (tertiary alicyclic amines) is 1. The van der Waals surface area contributed by atoms with Crippen molar-refractivity contribution >= 4 is 17.5 Å². The van der Waals surface area contributed by atoms with Gasteiger partial charge in [0, 0.05) is 12.6 Å². The summed E-state index contributed by atoms with van der Waals surface area (Å²) in [6.07, 6.45) is 3.93. The number of hydrogen-bond acceptors (Lipinski definition) is 5. The highest BCUT2D eigenvalue weighted by Crippen LogP contribution is 2.35. The number of anilines is 1. The predicted octanol–water partition coefficient (Wildman–Crippen LogP) is 1.56. The van der Waals surface area contributed by atoms with Crippen molar-refractivity contribution < 1.29 is 19.4 Å². The fourth-order valence-corrected chi connectivity index (χ4v) is 3.83. The number of para-hydroxylation sites is 2. The maximum atomic E-state index is 13.0. The molecular formula is C18H24N2O4. The molecule has 0 aliphatic carbocycles. The largest absolute Gasteiger partial charge is 0.495 e. The number of ether oxygens (including phenoxy) is 1. The van der Waals surface area contributed by atoms with E-state index in [-0.39, 0.29) is 30.9 Å². The van der Waals surface area contributed by atoms with E-state index < -0.39 is 6.04 Å². The standard InChI is InChI=1S/C18H24N2O4/c1-24-16-8-3-2-7-14(16)20-17(22)12-15(18(20)23)19-10-5-4-6-13(19)9-11-21/h2-3,7-8,13,15,21H,4-6,9-12H2,1H3/t13-,15-/m1/s1. The van der Waals surface area contributed by atoms with Crippen LogP contribution >= 0.6 is 0 Å². The molecule has 0 bridgehead atoms. The number of imide groups is 1. The van der Waals surface area contributed by atoms with Crippen LogP contribution in [-0.2, 0) is 9.59 Å². The van der Waals surface area contributed by atoms with Crippen LogP contribution in [0.5, 0.6) is 5.75 Å². The number of nitrogens with zero attached hydrogens (tertiary/aromatic N) is 2. The van der Waals surface area contributed by atoms with Crippen molar-refractivity contribution in [2.24, 2.45) is 0 Å². The fourth-order valence-electron chi connectivity index (χ4n) is 3.83. The lowest BCUT2D eigenvalue weighted by molar-refractivity contribution is -0.124. The van der Waals surface area contributed by atoms with E-state index in [2.05, 4.69) is 4.90 Å². The molecule has 6 nitrogen and oxygen atoms in total. The van der Waals surface area contributed by atoms with Gasteiger partial charge in [0.05, 0.1) is 25.3 Å². The number of benzene rings is 1. The van der Waals surface area contributed by atoms with Crippen LogP contribution in [0.4, 0.5) is 5.69 Å². The molecule has 0 aromatic heterocycles. The molecule has 2 aliphatic heterocycles. The summed E-state index contributed by atoms with van der Waals surface area (Å²) in [4.78, 5) is 28.9. The molecule has 1 aromatic rings. The number of methoxy groups -OCH3 is 1. The van der Waals surface area contributed by atoms with Crippen molar-refractivity contribution in [2.45, 2.75) is 44.2 Å². The first kappa shape index (κ1) is 16.9. The van der Waals surface area contributed by atoms with Crippen LogP contribution in [0.25, 0.3) is 0 Å². The van der Waals surface area contributed by atoms with Crippen molar-refractivity contribution in [3.8, 4) is 5.75 Å². The van der Waals surface area contributed by atoms with Crippen LogP contribution in [0.1, 0.15) is 32.1 Å². The van der Waals surface area contributed by atoms with E-state index in [4.69, 9.17) is 4.74 Å². The highest BCUT2D eigenvalue weighted by atomic mass is 16.5. The molecule has 6 heteroatoms. The lowest BCUT2D eigenvalue weighted by atomic mass is 9.97. The Morgan fingerprint density at radius 2 is 2.04 bits per heavy atom. The second-order valence-corrected chi connectivity index (χ2v) is 6.36. The summed E-state index contributed by atoms with van der Waals surface area (Å²) in [5.41, 5.74) is 0.508. The van der Waals surface area contributed by atoms with Gasteiger partial charge >= 0.3 is 0 Å². The number of piperidine rings is 1. The third-order valence-electron chi connectivity index (χ3n) is 4.98. The summed E-state index contributed by atoms with van der Waals surface area (Å²) in [6, 6.07) is 6.83. The average Bonchev–Trinajstić information content (AvgIpc) is 2.90. The van der Waals surface area contributed by atoms with Crippen LogP contribution in [0.2, 0.25) is 0 Å². The molecule has 24 heavy (non-hydrogen) atoms. The number of aliphatic hydroxyl groups excluding tert-OH is 1. The molecule has 1 aromatic carbocycles. The molecule has 2 fully saturated rings. The Bertz CT molecular complexity index is 617. The molecule has 2 amide bonds. The minimum absolute atomic E-state index is 0.103. The Morgan fingerprint density at radius 1 is 1.25 bits per heavy atom. The van der Waals surface area contributed by atoms with Gasteiger partial charge in [-0.05, 0) is 37.9 Å². The molecule has 2 heterocycles. The van der Waals surface area contributed by atoms with Gasteiger partial charge in [0.2, 0.25) is 5.91 Å². The number of hydrogen-bond donors (Lipinski definition) is 1. The molecule has 0 saturated carbocycles. The minimum atomic E-state index is -0.431. The first-order valence-corrected chi connectivity index (χ1v) is 8.53. The van der Waals surface area contributed by atoms with E-state index in [9.17, 15) is 14.7 Å². The third kappa shape index (κ3) is 3.03. The fraction of sp³-hybridized carbons (Fsp3) is 0.556. The highest BCUT2D eigenvalue weighted by molar-refractivity contribution is 6.23. The number of carbonyl (C=O) groups is 2. The zero-order valence-electron chi connectivity index (χ0n) is 14.0. The maximum Gasteiger partial charge on any atom is 0.251 e.